The molecule has 0 spiro atoms. The van der Waals surface area contributed by atoms with Crippen molar-refractivity contribution in [3.05, 3.63) is 65.2 Å². The maximum absolute atomic E-state index is 13.0. The van der Waals surface area contributed by atoms with Crippen LogP contribution in [0.25, 0.3) is 0 Å². The Bertz CT molecular complexity index is 629. The fraction of sp³-hybridized carbons (Fsp3) is 0.133. The first kappa shape index (κ1) is 14.0. The van der Waals surface area contributed by atoms with Crippen molar-refractivity contribution < 1.29 is 13.6 Å². The van der Waals surface area contributed by atoms with E-state index in [9.17, 15) is 13.6 Å². The number of nitrogen functional groups attached to an aromatic ring is 1. The van der Waals surface area contributed by atoms with Gasteiger partial charge in [0.05, 0.1) is 6.42 Å². The number of hydrogen-bond acceptors (Lipinski definition) is 2. The lowest BCUT2D eigenvalue weighted by molar-refractivity contribution is -0.120. The zero-order valence-corrected chi connectivity index (χ0v) is 10.7. The van der Waals surface area contributed by atoms with Gasteiger partial charge in [-0.2, -0.15) is 0 Å². The van der Waals surface area contributed by atoms with Gasteiger partial charge >= 0.3 is 0 Å². The number of nitrogens with one attached hydrogen (secondary N) is 1. The third-order valence-electron chi connectivity index (χ3n) is 2.88. The molecular weight excluding hydrogens is 262 g/mol. The highest BCUT2D eigenvalue weighted by Gasteiger charge is 2.07. The molecule has 0 unspecified atom stereocenters. The Morgan fingerprint density at radius 1 is 1.10 bits per heavy atom. The van der Waals surface area contributed by atoms with Crippen LogP contribution in [-0.4, -0.2) is 5.91 Å². The van der Waals surface area contributed by atoms with E-state index in [0.29, 0.717) is 17.8 Å². The second kappa shape index (κ2) is 6.14. The Labute approximate surface area is 115 Å². The molecule has 1 amide bonds. The monoisotopic (exact) mass is 276 g/mol. The molecule has 104 valence electrons. The van der Waals surface area contributed by atoms with Gasteiger partial charge in [-0.05, 0) is 29.3 Å². The minimum atomic E-state index is -0.956. The lowest BCUT2D eigenvalue weighted by atomic mass is 10.1. The van der Waals surface area contributed by atoms with Gasteiger partial charge in [0, 0.05) is 12.2 Å². The topological polar surface area (TPSA) is 55.1 Å². The van der Waals surface area contributed by atoms with Crippen LogP contribution < -0.4 is 11.1 Å². The highest BCUT2D eigenvalue weighted by Crippen LogP contribution is 2.11. The maximum Gasteiger partial charge on any atom is 0.224 e. The molecule has 0 bridgehead atoms. The van der Waals surface area contributed by atoms with E-state index in [-0.39, 0.29) is 12.3 Å². The standard InChI is InChI=1S/C15H14F2N2O/c16-12-6-5-10(7-13(12)17)8-15(20)19-9-11-3-1-2-4-14(11)18/h1-7H,8-9,18H2,(H,19,20). The minimum absolute atomic E-state index is 0.00998. The van der Waals surface area contributed by atoms with Gasteiger partial charge in [0.15, 0.2) is 11.6 Å². The van der Waals surface area contributed by atoms with Crippen molar-refractivity contribution in [3.63, 3.8) is 0 Å². The first-order valence-corrected chi connectivity index (χ1v) is 6.10. The van der Waals surface area contributed by atoms with Crippen molar-refractivity contribution in [1.82, 2.24) is 5.32 Å². The number of amides is 1. The predicted molar refractivity (Wildman–Crippen MR) is 72.8 cm³/mol. The van der Waals surface area contributed by atoms with Gasteiger partial charge in [-0.25, -0.2) is 8.78 Å². The summed E-state index contributed by atoms with van der Waals surface area (Å²) >= 11 is 0. The molecule has 0 radical (unpaired) electrons. The van der Waals surface area contributed by atoms with Crippen LogP contribution in [0.3, 0.4) is 0 Å². The minimum Gasteiger partial charge on any atom is -0.398 e. The van der Waals surface area contributed by atoms with E-state index in [2.05, 4.69) is 5.32 Å². The van der Waals surface area contributed by atoms with E-state index in [1.807, 2.05) is 18.2 Å². The molecule has 0 fully saturated rings. The van der Waals surface area contributed by atoms with Crippen LogP contribution in [0.4, 0.5) is 14.5 Å². The average Bonchev–Trinajstić information content (AvgIpc) is 2.42. The Morgan fingerprint density at radius 3 is 2.55 bits per heavy atom. The molecule has 0 aromatic heterocycles. The summed E-state index contributed by atoms with van der Waals surface area (Å²) in [5.41, 5.74) is 7.58. The van der Waals surface area contributed by atoms with Crippen LogP contribution in [-0.2, 0) is 17.8 Å². The highest BCUT2D eigenvalue weighted by atomic mass is 19.2. The molecular formula is C15H14F2N2O. The van der Waals surface area contributed by atoms with E-state index in [1.54, 1.807) is 6.07 Å². The van der Waals surface area contributed by atoms with Crippen molar-refractivity contribution in [2.24, 2.45) is 0 Å². The van der Waals surface area contributed by atoms with Gasteiger partial charge in [-0.15, -0.1) is 0 Å². The summed E-state index contributed by atoms with van der Waals surface area (Å²) in [6.45, 7) is 0.301. The zero-order valence-electron chi connectivity index (χ0n) is 10.7. The number of carbonyl (C=O) groups is 1. The molecule has 2 rings (SSSR count). The molecule has 3 N–H and O–H groups in total. The largest absolute Gasteiger partial charge is 0.398 e. The lowest BCUT2D eigenvalue weighted by Gasteiger charge is -2.08. The molecule has 0 atom stereocenters. The first-order chi connectivity index (χ1) is 9.56. The number of rotatable bonds is 4. The lowest BCUT2D eigenvalue weighted by Crippen LogP contribution is -2.25. The van der Waals surface area contributed by atoms with Gasteiger partial charge < -0.3 is 11.1 Å². The number of carbonyl (C=O) groups excluding carboxylic acids is 1. The van der Waals surface area contributed by atoms with Crippen LogP contribution in [0.5, 0.6) is 0 Å². The Balaban J connectivity index is 1.93. The molecule has 0 heterocycles. The van der Waals surface area contributed by atoms with Gasteiger partial charge in [0.1, 0.15) is 0 Å². The molecule has 2 aromatic rings. The number of anilines is 1. The Hall–Kier alpha value is -2.43. The van der Waals surface area contributed by atoms with E-state index >= 15 is 0 Å². The molecule has 20 heavy (non-hydrogen) atoms. The number of halogens is 2. The molecule has 5 heteroatoms. The van der Waals surface area contributed by atoms with Gasteiger partial charge in [0.2, 0.25) is 5.91 Å². The van der Waals surface area contributed by atoms with Crippen molar-refractivity contribution in [1.29, 1.82) is 0 Å². The summed E-state index contributed by atoms with van der Waals surface area (Å²) in [6, 6.07) is 10.6. The second-order valence-corrected chi connectivity index (χ2v) is 4.40. The van der Waals surface area contributed by atoms with Gasteiger partial charge in [0.25, 0.3) is 0 Å². The van der Waals surface area contributed by atoms with E-state index in [4.69, 9.17) is 5.73 Å². The summed E-state index contributed by atoms with van der Waals surface area (Å²) in [4.78, 5) is 11.7. The molecule has 0 aliphatic heterocycles. The number of hydrogen-bond donors (Lipinski definition) is 2. The highest BCUT2D eigenvalue weighted by molar-refractivity contribution is 5.78. The van der Waals surface area contributed by atoms with Crippen LogP contribution in [0.15, 0.2) is 42.5 Å². The summed E-state index contributed by atoms with van der Waals surface area (Å²) in [5, 5.41) is 2.69. The van der Waals surface area contributed by atoms with Gasteiger partial charge in [-0.3, -0.25) is 4.79 Å². The van der Waals surface area contributed by atoms with Crippen LogP contribution in [0.1, 0.15) is 11.1 Å². The van der Waals surface area contributed by atoms with E-state index in [1.165, 1.54) is 6.07 Å². The van der Waals surface area contributed by atoms with E-state index in [0.717, 1.165) is 17.7 Å². The smallest absolute Gasteiger partial charge is 0.224 e. The fourth-order valence-electron chi connectivity index (χ4n) is 1.79. The number of benzene rings is 2. The summed E-state index contributed by atoms with van der Waals surface area (Å²) in [6.07, 6.45) is -0.00998. The summed E-state index contributed by atoms with van der Waals surface area (Å²) in [7, 11) is 0. The van der Waals surface area contributed by atoms with Crippen molar-refractivity contribution in [2.75, 3.05) is 5.73 Å². The van der Waals surface area contributed by atoms with E-state index < -0.39 is 11.6 Å². The predicted octanol–water partition coefficient (Wildman–Crippen LogP) is 2.41. The number of para-hydroxylation sites is 1. The number of nitrogens with two attached hydrogens (primary N) is 1. The van der Waals surface area contributed by atoms with Crippen LogP contribution in [0.2, 0.25) is 0 Å². The average molecular weight is 276 g/mol. The molecule has 3 nitrogen and oxygen atoms in total. The molecule has 0 saturated heterocycles. The van der Waals surface area contributed by atoms with Crippen molar-refractivity contribution in [2.45, 2.75) is 13.0 Å². The molecule has 2 aromatic carbocycles. The van der Waals surface area contributed by atoms with Crippen LogP contribution >= 0.6 is 0 Å². The zero-order chi connectivity index (χ0) is 14.5. The van der Waals surface area contributed by atoms with Crippen LogP contribution in [0, 0.1) is 11.6 Å². The first-order valence-electron chi connectivity index (χ1n) is 6.10. The molecule has 0 aliphatic carbocycles. The maximum atomic E-state index is 13.0. The normalized spacial score (nSPS) is 10.3. The Kier molecular flexibility index (Phi) is 4.30. The van der Waals surface area contributed by atoms with Crippen molar-refractivity contribution in [3.8, 4) is 0 Å². The molecule has 0 aliphatic rings. The third-order valence-corrected chi connectivity index (χ3v) is 2.88. The SMILES string of the molecule is Nc1ccccc1CNC(=O)Cc1ccc(F)c(F)c1. The molecule has 0 saturated carbocycles. The fourth-order valence-corrected chi connectivity index (χ4v) is 1.79. The second-order valence-electron chi connectivity index (χ2n) is 4.40. The summed E-state index contributed by atoms with van der Waals surface area (Å²) in [5.74, 6) is -2.16. The summed E-state index contributed by atoms with van der Waals surface area (Å²) < 4.78 is 25.8. The van der Waals surface area contributed by atoms with Gasteiger partial charge in [-0.1, -0.05) is 24.3 Å². The Morgan fingerprint density at radius 2 is 1.85 bits per heavy atom. The third kappa shape index (κ3) is 3.54. The van der Waals surface area contributed by atoms with Crippen molar-refractivity contribution >= 4 is 11.6 Å². The quantitative estimate of drug-likeness (QED) is 0.843.